The van der Waals surface area contributed by atoms with E-state index in [1.165, 1.54) is 11.1 Å². The Morgan fingerprint density at radius 3 is 2.90 bits per heavy atom. The summed E-state index contributed by atoms with van der Waals surface area (Å²) in [5.74, 6) is 0.915. The first kappa shape index (κ1) is 13.8. The first-order valence-corrected chi connectivity index (χ1v) is 7.05. The lowest BCUT2D eigenvalue weighted by atomic mass is 9.78. The van der Waals surface area contributed by atoms with Crippen LogP contribution in [-0.4, -0.2) is 17.6 Å². The van der Waals surface area contributed by atoms with Crippen LogP contribution in [0.25, 0.3) is 0 Å². The molecule has 21 heavy (non-hydrogen) atoms. The summed E-state index contributed by atoms with van der Waals surface area (Å²) in [6, 6.07) is 13.4. The van der Waals surface area contributed by atoms with Gasteiger partial charge in [0.1, 0.15) is 5.75 Å². The van der Waals surface area contributed by atoms with Gasteiger partial charge in [-0.15, -0.1) is 0 Å². The van der Waals surface area contributed by atoms with E-state index in [0.29, 0.717) is 28.9 Å². The third kappa shape index (κ3) is 2.67. The van der Waals surface area contributed by atoms with Gasteiger partial charge in [0.05, 0.1) is 12.2 Å². The van der Waals surface area contributed by atoms with Crippen LogP contribution >= 0.6 is 11.6 Å². The maximum atomic E-state index is 8.82. The smallest absolute Gasteiger partial charge is 0.173 e. The third-order valence-electron chi connectivity index (χ3n) is 3.73. The van der Waals surface area contributed by atoms with Gasteiger partial charge in [0.2, 0.25) is 0 Å². The first-order valence-electron chi connectivity index (χ1n) is 6.67. The van der Waals surface area contributed by atoms with Crippen LogP contribution in [0.1, 0.15) is 22.6 Å². The molecule has 0 saturated carbocycles. The molecule has 108 valence electrons. The van der Waals surface area contributed by atoms with Crippen LogP contribution in [0.15, 0.2) is 47.6 Å². The van der Waals surface area contributed by atoms with Crippen LogP contribution in [0.4, 0.5) is 0 Å². The quantitative estimate of drug-likeness (QED) is 0.394. The van der Waals surface area contributed by atoms with Crippen molar-refractivity contribution >= 4 is 17.4 Å². The first-order chi connectivity index (χ1) is 10.2. The van der Waals surface area contributed by atoms with Gasteiger partial charge in [0.25, 0.3) is 0 Å². The van der Waals surface area contributed by atoms with E-state index >= 15 is 0 Å². The molecule has 0 radical (unpaired) electrons. The molecule has 1 aliphatic carbocycles. The highest BCUT2D eigenvalue weighted by atomic mass is 35.5. The molecule has 3 rings (SSSR count). The standard InChI is InChI=1S/C16H15ClN2O2/c17-12-5-6-14(16(18)19-20)15(8-12)21-9-11-7-10-3-1-2-4-13(10)11/h1-6,8,11,20H,7,9H2,(H2,18,19). The lowest BCUT2D eigenvalue weighted by Gasteiger charge is -2.30. The molecule has 1 aliphatic rings. The molecule has 0 aromatic heterocycles. The van der Waals surface area contributed by atoms with Gasteiger partial charge < -0.3 is 15.7 Å². The fraction of sp³-hybridized carbons (Fsp3) is 0.188. The average molecular weight is 303 g/mol. The van der Waals surface area contributed by atoms with Crippen LogP contribution in [-0.2, 0) is 6.42 Å². The summed E-state index contributed by atoms with van der Waals surface area (Å²) in [7, 11) is 0. The van der Waals surface area contributed by atoms with Gasteiger partial charge in [0, 0.05) is 10.9 Å². The summed E-state index contributed by atoms with van der Waals surface area (Å²) >= 11 is 5.99. The van der Waals surface area contributed by atoms with Crippen LogP contribution in [0.2, 0.25) is 5.02 Å². The molecule has 1 unspecified atom stereocenters. The second kappa shape index (κ2) is 5.66. The predicted molar refractivity (Wildman–Crippen MR) is 82.3 cm³/mol. The van der Waals surface area contributed by atoms with E-state index in [4.69, 9.17) is 27.3 Å². The summed E-state index contributed by atoms with van der Waals surface area (Å²) in [5, 5.41) is 12.4. The molecule has 2 aromatic carbocycles. The molecule has 0 amide bonds. The maximum Gasteiger partial charge on any atom is 0.173 e. The second-order valence-electron chi connectivity index (χ2n) is 5.04. The van der Waals surface area contributed by atoms with E-state index in [1.54, 1.807) is 18.2 Å². The zero-order valence-corrected chi connectivity index (χ0v) is 12.0. The number of oxime groups is 1. The van der Waals surface area contributed by atoms with Crippen molar-refractivity contribution in [3.63, 3.8) is 0 Å². The molecule has 0 saturated heterocycles. The predicted octanol–water partition coefficient (Wildman–Crippen LogP) is 3.15. The van der Waals surface area contributed by atoms with Crippen molar-refractivity contribution in [2.24, 2.45) is 10.9 Å². The fourth-order valence-corrected chi connectivity index (χ4v) is 2.74. The lowest BCUT2D eigenvalue weighted by Crippen LogP contribution is -2.24. The topological polar surface area (TPSA) is 67.8 Å². The van der Waals surface area contributed by atoms with Crippen LogP contribution in [0.3, 0.4) is 0 Å². The molecule has 3 N–H and O–H groups in total. The summed E-state index contributed by atoms with van der Waals surface area (Å²) in [4.78, 5) is 0. The average Bonchev–Trinajstić information content (AvgIpc) is 2.47. The van der Waals surface area contributed by atoms with E-state index in [0.717, 1.165) is 6.42 Å². The summed E-state index contributed by atoms with van der Waals surface area (Å²) < 4.78 is 5.85. The molecule has 0 bridgehead atoms. The molecule has 0 heterocycles. The van der Waals surface area contributed by atoms with Gasteiger partial charge in [-0.05, 0) is 35.7 Å². The monoisotopic (exact) mass is 302 g/mol. The van der Waals surface area contributed by atoms with E-state index in [1.807, 2.05) is 12.1 Å². The van der Waals surface area contributed by atoms with Crippen molar-refractivity contribution in [3.05, 3.63) is 64.2 Å². The van der Waals surface area contributed by atoms with Gasteiger partial charge in [-0.3, -0.25) is 0 Å². The summed E-state index contributed by atoms with van der Waals surface area (Å²) in [6.07, 6.45) is 1.01. The SMILES string of the molecule is N/C(=N/O)c1ccc(Cl)cc1OCC1Cc2ccccc21. The minimum Gasteiger partial charge on any atom is -0.492 e. The molecule has 2 aromatic rings. The van der Waals surface area contributed by atoms with Crippen molar-refractivity contribution in [2.45, 2.75) is 12.3 Å². The Morgan fingerprint density at radius 1 is 1.33 bits per heavy atom. The van der Waals surface area contributed by atoms with Crippen molar-refractivity contribution in [2.75, 3.05) is 6.61 Å². The normalized spacial score (nSPS) is 17.0. The van der Waals surface area contributed by atoms with Crippen molar-refractivity contribution in [1.82, 2.24) is 0 Å². The lowest BCUT2D eigenvalue weighted by molar-refractivity contribution is 0.274. The van der Waals surface area contributed by atoms with Gasteiger partial charge in [0.15, 0.2) is 5.84 Å². The number of benzene rings is 2. The number of halogens is 1. The van der Waals surface area contributed by atoms with Crippen molar-refractivity contribution in [3.8, 4) is 5.75 Å². The van der Waals surface area contributed by atoms with E-state index < -0.39 is 0 Å². The Kier molecular flexibility index (Phi) is 3.71. The van der Waals surface area contributed by atoms with Crippen molar-refractivity contribution < 1.29 is 9.94 Å². The van der Waals surface area contributed by atoms with Gasteiger partial charge >= 0.3 is 0 Å². The highest BCUT2D eigenvalue weighted by molar-refractivity contribution is 6.30. The molecular formula is C16H15ClN2O2. The number of fused-ring (bicyclic) bond motifs is 1. The van der Waals surface area contributed by atoms with E-state index in [-0.39, 0.29) is 5.84 Å². The Hall–Kier alpha value is -2.20. The molecule has 5 heteroatoms. The number of nitrogens with two attached hydrogens (primary N) is 1. The molecule has 0 fully saturated rings. The zero-order valence-electron chi connectivity index (χ0n) is 11.3. The molecular weight excluding hydrogens is 288 g/mol. The van der Waals surface area contributed by atoms with Crippen molar-refractivity contribution in [1.29, 1.82) is 0 Å². The Bertz CT molecular complexity index is 700. The Labute approximate surface area is 127 Å². The largest absolute Gasteiger partial charge is 0.492 e. The minimum absolute atomic E-state index is 0.00989. The third-order valence-corrected chi connectivity index (χ3v) is 3.96. The zero-order chi connectivity index (χ0) is 14.8. The molecule has 0 aliphatic heterocycles. The number of hydrogen-bond donors (Lipinski definition) is 2. The number of nitrogens with zero attached hydrogens (tertiary/aromatic N) is 1. The van der Waals surface area contributed by atoms with Gasteiger partial charge in [-0.1, -0.05) is 41.0 Å². The Morgan fingerprint density at radius 2 is 2.14 bits per heavy atom. The highest BCUT2D eigenvalue weighted by Gasteiger charge is 2.26. The molecule has 1 atom stereocenters. The summed E-state index contributed by atoms with van der Waals surface area (Å²) in [5.41, 5.74) is 8.88. The Balaban J connectivity index is 1.76. The van der Waals surface area contributed by atoms with Crippen LogP contribution < -0.4 is 10.5 Å². The number of ether oxygens (including phenoxy) is 1. The highest BCUT2D eigenvalue weighted by Crippen LogP contribution is 2.35. The summed E-state index contributed by atoms with van der Waals surface area (Å²) in [6.45, 7) is 0.545. The maximum absolute atomic E-state index is 8.82. The van der Waals surface area contributed by atoms with Gasteiger partial charge in [-0.2, -0.15) is 0 Å². The van der Waals surface area contributed by atoms with E-state index in [2.05, 4.69) is 17.3 Å². The number of amidine groups is 1. The van der Waals surface area contributed by atoms with E-state index in [9.17, 15) is 0 Å². The molecule has 0 spiro atoms. The number of rotatable bonds is 4. The van der Waals surface area contributed by atoms with Crippen LogP contribution in [0, 0.1) is 0 Å². The number of hydrogen-bond acceptors (Lipinski definition) is 3. The second-order valence-corrected chi connectivity index (χ2v) is 5.47. The van der Waals surface area contributed by atoms with Crippen LogP contribution in [0.5, 0.6) is 5.75 Å². The minimum atomic E-state index is 0.00989. The molecule has 4 nitrogen and oxygen atoms in total. The fourth-order valence-electron chi connectivity index (χ4n) is 2.58. The van der Waals surface area contributed by atoms with Gasteiger partial charge in [-0.25, -0.2) is 0 Å².